The maximum atomic E-state index is 12.0. The lowest BCUT2D eigenvalue weighted by Gasteiger charge is -2.10. The lowest BCUT2D eigenvalue weighted by atomic mass is 10.0. The highest BCUT2D eigenvalue weighted by Gasteiger charge is 2.05. The van der Waals surface area contributed by atoms with Crippen LogP contribution in [0.25, 0.3) is 0 Å². The maximum absolute atomic E-state index is 12.0. The van der Waals surface area contributed by atoms with Crippen LogP contribution >= 0.6 is 0 Å². The molecule has 0 aliphatic carbocycles. The molecular formula is C55H110O3. The molecule has 0 aliphatic rings. The first-order valence-corrected chi connectivity index (χ1v) is 27.5. The third-order valence-corrected chi connectivity index (χ3v) is 13.1. The Kier molecular flexibility index (Phi) is 52.1. The van der Waals surface area contributed by atoms with Crippen LogP contribution in [0.1, 0.15) is 335 Å². The number of esters is 1. The standard InChI is InChI=1S/C55H110O3/c1-3-5-7-9-10-11-12-13-14-15-16-17-18-19-20-21-22-23-24-25-26-27-28-29-30-31-32-33-34-35-36-39-42-45-49-53-58-55(57)52-48-44-41-38-37-40-43-47-51-54(56)50-46-8-6-4-2/h54,56H,3-53H2,1-2H3. The number of aliphatic hydroxyl groups excluding tert-OH is 1. The van der Waals surface area contributed by atoms with Gasteiger partial charge in [-0.3, -0.25) is 4.79 Å². The summed E-state index contributed by atoms with van der Waals surface area (Å²) >= 11 is 0. The number of unbranched alkanes of at least 4 members (excludes halogenated alkanes) is 44. The third-order valence-electron chi connectivity index (χ3n) is 13.1. The van der Waals surface area contributed by atoms with E-state index >= 15 is 0 Å². The smallest absolute Gasteiger partial charge is 0.305 e. The zero-order chi connectivity index (χ0) is 41.9. The minimum atomic E-state index is -0.0797. The van der Waals surface area contributed by atoms with Crippen molar-refractivity contribution in [3.8, 4) is 0 Å². The molecule has 0 spiro atoms. The summed E-state index contributed by atoms with van der Waals surface area (Å²) in [5.74, 6) is 0.00873. The molecule has 0 fully saturated rings. The van der Waals surface area contributed by atoms with E-state index in [4.69, 9.17) is 4.74 Å². The molecule has 3 nitrogen and oxygen atoms in total. The van der Waals surface area contributed by atoms with Crippen molar-refractivity contribution >= 4 is 5.97 Å². The number of hydrogen-bond donors (Lipinski definition) is 1. The fraction of sp³-hybridized carbons (Fsp3) is 0.982. The first kappa shape index (κ1) is 57.4. The second-order valence-electron chi connectivity index (χ2n) is 19.1. The molecule has 3 heteroatoms. The van der Waals surface area contributed by atoms with Gasteiger partial charge in [-0.2, -0.15) is 0 Å². The zero-order valence-electron chi connectivity index (χ0n) is 40.4. The molecule has 0 saturated heterocycles. The molecule has 0 radical (unpaired) electrons. The minimum absolute atomic E-state index is 0.00873. The molecule has 348 valence electrons. The van der Waals surface area contributed by atoms with Crippen LogP contribution in [0, 0.1) is 0 Å². The summed E-state index contributed by atoms with van der Waals surface area (Å²) in [6.45, 7) is 5.16. The number of rotatable bonds is 52. The third kappa shape index (κ3) is 51.6. The largest absolute Gasteiger partial charge is 0.466 e. The quantitative estimate of drug-likeness (QED) is 0.0491. The Labute approximate surface area is 367 Å². The molecular weight excluding hydrogens is 709 g/mol. The van der Waals surface area contributed by atoms with Crippen LogP contribution in [0.3, 0.4) is 0 Å². The van der Waals surface area contributed by atoms with Gasteiger partial charge in [0.05, 0.1) is 12.7 Å². The predicted molar refractivity (Wildman–Crippen MR) is 259 cm³/mol. The van der Waals surface area contributed by atoms with E-state index in [0.717, 1.165) is 32.1 Å². The first-order chi connectivity index (χ1) is 28.7. The average molecular weight is 819 g/mol. The molecule has 0 saturated carbocycles. The van der Waals surface area contributed by atoms with Gasteiger partial charge in [-0.25, -0.2) is 0 Å². The molecule has 58 heavy (non-hydrogen) atoms. The average Bonchev–Trinajstić information content (AvgIpc) is 3.23. The Morgan fingerprint density at radius 2 is 0.517 bits per heavy atom. The van der Waals surface area contributed by atoms with E-state index in [-0.39, 0.29) is 12.1 Å². The highest BCUT2D eigenvalue weighted by atomic mass is 16.5. The number of aliphatic hydroxyl groups is 1. The van der Waals surface area contributed by atoms with Crippen molar-refractivity contribution in [2.45, 2.75) is 341 Å². The highest BCUT2D eigenvalue weighted by molar-refractivity contribution is 5.69. The number of carbonyl (C=O) groups excluding carboxylic acids is 1. The summed E-state index contributed by atoms with van der Waals surface area (Å²) in [4.78, 5) is 12.0. The van der Waals surface area contributed by atoms with Crippen LogP contribution in [0.2, 0.25) is 0 Å². The van der Waals surface area contributed by atoms with Gasteiger partial charge in [-0.05, 0) is 25.7 Å². The molecule has 0 bridgehead atoms. The van der Waals surface area contributed by atoms with Crippen LogP contribution < -0.4 is 0 Å². The molecule has 0 rings (SSSR count). The predicted octanol–water partition coefficient (Wildman–Crippen LogP) is 19.4. The monoisotopic (exact) mass is 819 g/mol. The fourth-order valence-corrected chi connectivity index (χ4v) is 8.93. The normalized spacial score (nSPS) is 12.1. The summed E-state index contributed by atoms with van der Waals surface area (Å²) in [5.41, 5.74) is 0. The Balaban J connectivity index is 3.15. The van der Waals surface area contributed by atoms with Crippen LogP contribution in [0.4, 0.5) is 0 Å². The van der Waals surface area contributed by atoms with Crippen molar-refractivity contribution in [2.24, 2.45) is 0 Å². The number of ether oxygens (including phenoxy) is 1. The van der Waals surface area contributed by atoms with E-state index in [1.54, 1.807) is 0 Å². The SMILES string of the molecule is CCCCCCCCCCCCCCCCCCCCCCCCCCCCCCCCCCCCCOC(=O)CCCCCCCCCCC(O)CCCCCC. The molecule has 0 aliphatic heterocycles. The van der Waals surface area contributed by atoms with Gasteiger partial charge in [-0.15, -0.1) is 0 Å². The molecule has 0 aromatic carbocycles. The van der Waals surface area contributed by atoms with E-state index < -0.39 is 0 Å². The van der Waals surface area contributed by atoms with E-state index in [1.165, 1.54) is 283 Å². The molecule has 0 aromatic heterocycles. The van der Waals surface area contributed by atoms with Crippen LogP contribution in [-0.4, -0.2) is 23.8 Å². The van der Waals surface area contributed by atoms with Gasteiger partial charge < -0.3 is 9.84 Å². The summed E-state index contributed by atoms with van der Waals surface area (Å²) in [5, 5.41) is 10.1. The molecule has 1 N–H and O–H groups in total. The molecule has 1 unspecified atom stereocenters. The summed E-state index contributed by atoms with van der Waals surface area (Å²) in [6.07, 6.45) is 67.2. The van der Waals surface area contributed by atoms with Crippen molar-refractivity contribution in [3.05, 3.63) is 0 Å². The fourth-order valence-electron chi connectivity index (χ4n) is 8.93. The Morgan fingerprint density at radius 1 is 0.310 bits per heavy atom. The first-order valence-electron chi connectivity index (χ1n) is 27.5. The van der Waals surface area contributed by atoms with Crippen molar-refractivity contribution in [1.82, 2.24) is 0 Å². The van der Waals surface area contributed by atoms with Crippen molar-refractivity contribution in [2.75, 3.05) is 6.61 Å². The van der Waals surface area contributed by atoms with Gasteiger partial charge in [0, 0.05) is 6.42 Å². The van der Waals surface area contributed by atoms with E-state index in [9.17, 15) is 9.90 Å². The lowest BCUT2D eigenvalue weighted by molar-refractivity contribution is -0.143. The van der Waals surface area contributed by atoms with Gasteiger partial charge in [-0.1, -0.05) is 303 Å². The summed E-state index contributed by atoms with van der Waals surface area (Å²) in [7, 11) is 0. The van der Waals surface area contributed by atoms with Gasteiger partial charge in [0.2, 0.25) is 0 Å². The number of carbonyl (C=O) groups is 1. The minimum Gasteiger partial charge on any atom is -0.466 e. The van der Waals surface area contributed by atoms with Gasteiger partial charge in [0.25, 0.3) is 0 Å². The molecule has 1 atom stereocenters. The summed E-state index contributed by atoms with van der Waals surface area (Å²) < 4.78 is 5.48. The Hall–Kier alpha value is -0.570. The maximum Gasteiger partial charge on any atom is 0.305 e. The van der Waals surface area contributed by atoms with E-state index in [0.29, 0.717) is 13.0 Å². The van der Waals surface area contributed by atoms with Gasteiger partial charge in [0.15, 0.2) is 0 Å². The topological polar surface area (TPSA) is 46.5 Å². The van der Waals surface area contributed by atoms with Crippen LogP contribution in [-0.2, 0) is 9.53 Å². The second kappa shape index (κ2) is 52.6. The highest BCUT2D eigenvalue weighted by Crippen LogP contribution is 2.18. The Bertz CT molecular complexity index is 737. The van der Waals surface area contributed by atoms with Crippen molar-refractivity contribution < 1.29 is 14.6 Å². The van der Waals surface area contributed by atoms with E-state index in [1.807, 2.05) is 0 Å². The lowest BCUT2D eigenvalue weighted by Crippen LogP contribution is -2.06. The van der Waals surface area contributed by atoms with E-state index in [2.05, 4.69) is 13.8 Å². The molecule has 0 aromatic rings. The number of hydrogen-bond acceptors (Lipinski definition) is 3. The Morgan fingerprint density at radius 3 is 0.793 bits per heavy atom. The van der Waals surface area contributed by atoms with Crippen LogP contribution in [0.15, 0.2) is 0 Å². The summed E-state index contributed by atoms with van der Waals surface area (Å²) in [6, 6.07) is 0. The molecule has 0 amide bonds. The van der Waals surface area contributed by atoms with Gasteiger partial charge >= 0.3 is 5.97 Å². The van der Waals surface area contributed by atoms with Crippen molar-refractivity contribution in [1.29, 1.82) is 0 Å². The van der Waals surface area contributed by atoms with Crippen LogP contribution in [0.5, 0.6) is 0 Å². The van der Waals surface area contributed by atoms with Gasteiger partial charge in [0.1, 0.15) is 0 Å². The molecule has 0 heterocycles. The second-order valence-corrected chi connectivity index (χ2v) is 19.1. The van der Waals surface area contributed by atoms with Crippen molar-refractivity contribution in [3.63, 3.8) is 0 Å². The zero-order valence-corrected chi connectivity index (χ0v) is 40.4.